The highest BCUT2D eigenvalue weighted by atomic mass is 32.2. The Labute approximate surface area is 102 Å². The Bertz CT molecular complexity index is 472. The average molecular weight is 258 g/mol. The Morgan fingerprint density at radius 2 is 2.12 bits per heavy atom. The molecule has 5 nitrogen and oxygen atoms in total. The van der Waals surface area contributed by atoms with E-state index >= 15 is 0 Å². The van der Waals surface area contributed by atoms with Crippen molar-refractivity contribution in [3.05, 3.63) is 23.5 Å². The van der Waals surface area contributed by atoms with E-state index < -0.39 is 9.84 Å². The van der Waals surface area contributed by atoms with E-state index in [9.17, 15) is 8.42 Å². The van der Waals surface area contributed by atoms with E-state index in [1.54, 1.807) is 7.11 Å². The van der Waals surface area contributed by atoms with Gasteiger partial charge in [-0.15, -0.1) is 0 Å². The van der Waals surface area contributed by atoms with Gasteiger partial charge in [-0.3, -0.25) is 4.98 Å². The van der Waals surface area contributed by atoms with Crippen LogP contribution in [-0.4, -0.2) is 39.1 Å². The highest BCUT2D eigenvalue weighted by Crippen LogP contribution is 2.12. The van der Waals surface area contributed by atoms with Crippen LogP contribution in [-0.2, 0) is 16.4 Å². The molecule has 1 rings (SSSR count). The number of sulfone groups is 1. The highest BCUT2D eigenvalue weighted by molar-refractivity contribution is 7.90. The number of pyridine rings is 1. The van der Waals surface area contributed by atoms with Crippen molar-refractivity contribution in [2.24, 2.45) is 0 Å². The first-order valence-corrected chi connectivity index (χ1v) is 7.37. The van der Waals surface area contributed by atoms with Gasteiger partial charge in [-0.1, -0.05) is 0 Å². The Kier molecular flexibility index (Phi) is 4.89. The number of aromatic nitrogens is 1. The van der Waals surface area contributed by atoms with Gasteiger partial charge in [0.25, 0.3) is 0 Å². The van der Waals surface area contributed by atoms with Gasteiger partial charge in [0.05, 0.1) is 18.6 Å². The lowest BCUT2D eigenvalue weighted by molar-refractivity contribution is 0.412. The van der Waals surface area contributed by atoms with E-state index in [0.717, 1.165) is 17.1 Å². The lowest BCUT2D eigenvalue weighted by atomic mass is 10.3. The molecule has 1 heterocycles. The van der Waals surface area contributed by atoms with E-state index in [2.05, 4.69) is 10.3 Å². The summed E-state index contributed by atoms with van der Waals surface area (Å²) in [4.78, 5) is 4.32. The van der Waals surface area contributed by atoms with Gasteiger partial charge in [0.2, 0.25) is 0 Å². The van der Waals surface area contributed by atoms with Gasteiger partial charge in [-0.2, -0.15) is 0 Å². The lowest BCUT2D eigenvalue weighted by Gasteiger charge is -2.07. The molecular formula is C11H18N2O3S. The fraction of sp³-hybridized carbons (Fsp3) is 0.545. The van der Waals surface area contributed by atoms with Crippen molar-refractivity contribution in [3.63, 3.8) is 0 Å². The van der Waals surface area contributed by atoms with Crippen LogP contribution in [0.3, 0.4) is 0 Å². The quantitative estimate of drug-likeness (QED) is 0.754. The van der Waals surface area contributed by atoms with Crippen LogP contribution in [0.4, 0.5) is 0 Å². The minimum atomic E-state index is -2.91. The average Bonchev–Trinajstić information content (AvgIpc) is 2.22. The molecule has 1 N–H and O–H groups in total. The second-order valence-electron chi connectivity index (χ2n) is 3.95. The second kappa shape index (κ2) is 5.97. The number of rotatable bonds is 6. The van der Waals surface area contributed by atoms with Gasteiger partial charge in [0.1, 0.15) is 15.6 Å². The first kappa shape index (κ1) is 13.9. The maximum atomic E-state index is 10.9. The Morgan fingerprint density at radius 3 is 2.71 bits per heavy atom. The molecule has 1 aromatic rings. The number of methoxy groups -OCH3 is 1. The molecule has 0 unspecified atom stereocenters. The highest BCUT2D eigenvalue weighted by Gasteiger charge is 2.03. The molecule has 6 heteroatoms. The molecule has 17 heavy (non-hydrogen) atoms. The maximum Gasteiger partial charge on any atom is 0.148 e. The first-order valence-electron chi connectivity index (χ1n) is 5.31. The Hall–Kier alpha value is -1.14. The standard InChI is InChI=1S/C11H18N2O3S/c1-9-6-11(16-2)7-10(13-9)8-12-4-5-17(3,14)15/h6-7,12H,4-5,8H2,1-3H3. The molecule has 96 valence electrons. The Morgan fingerprint density at radius 1 is 1.41 bits per heavy atom. The summed E-state index contributed by atoms with van der Waals surface area (Å²) < 4.78 is 27.0. The maximum absolute atomic E-state index is 10.9. The molecule has 0 fully saturated rings. The van der Waals surface area contributed by atoms with Gasteiger partial charge in [0.15, 0.2) is 0 Å². The molecule has 0 spiro atoms. The fourth-order valence-corrected chi connectivity index (χ4v) is 1.90. The van der Waals surface area contributed by atoms with Crippen molar-refractivity contribution in [1.29, 1.82) is 0 Å². The van der Waals surface area contributed by atoms with Crippen LogP contribution in [0.15, 0.2) is 12.1 Å². The van der Waals surface area contributed by atoms with Crippen LogP contribution in [0, 0.1) is 6.92 Å². The van der Waals surface area contributed by atoms with Gasteiger partial charge >= 0.3 is 0 Å². The molecular weight excluding hydrogens is 240 g/mol. The van der Waals surface area contributed by atoms with Gasteiger partial charge in [0, 0.05) is 37.2 Å². The third kappa shape index (κ3) is 5.65. The van der Waals surface area contributed by atoms with Crippen molar-refractivity contribution in [2.45, 2.75) is 13.5 Å². The third-order valence-electron chi connectivity index (χ3n) is 2.17. The van der Waals surface area contributed by atoms with Gasteiger partial charge in [-0.25, -0.2) is 8.42 Å². The van der Waals surface area contributed by atoms with Crippen LogP contribution in [0.1, 0.15) is 11.4 Å². The minimum absolute atomic E-state index is 0.135. The molecule has 0 aliphatic heterocycles. The SMILES string of the molecule is COc1cc(C)nc(CNCCS(C)(=O)=O)c1. The molecule has 0 atom stereocenters. The second-order valence-corrected chi connectivity index (χ2v) is 6.21. The summed E-state index contributed by atoms with van der Waals surface area (Å²) in [6.45, 7) is 2.85. The van der Waals surface area contributed by atoms with Crippen LogP contribution in [0.25, 0.3) is 0 Å². The summed E-state index contributed by atoms with van der Waals surface area (Å²) in [6, 6.07) is 3.68. The predicted octanol–water partition coefficient (Wildman–Crippen LogP) is 0.533. The monoisotopic (exact) mass is 258 g/mol. The lowest BCUT2D eigenvalue weighted by Crippen LogP contribution is -2.22. The number of aryl methyl sites for hydroxylation is 1. The fourth-order valence-electron chi connectivity index (χ4n) is 1.39. The van der Waals surface area contributed by atoms with Crippen molar-refractivity contribution in [3.8, 4) is 5.75 Å². The number of nitrogens with one attached hydrogen (secondary N) is 1. The normalized spacial score (nSPS) is 11.5. The van der Waals surface area contributed by atoms with E-state index in [1.807, 2.05) is 19.1 Å². The van der Waals surface area contributed by atoms with Crippen molar-refractivity contribution in [2.75, 3.05) is 25.7 Å². The summed E-state index contributed by atoms with van der Waals surface area (Å²) in [5.41, 5.74) is 1.72. The summed E-state index contributed by atoms with van der Waals surface area (Å²) >= 11 is 0. The van der Waals surface area contributed by atoms with Crippen molar-refractivity contribution >= 4 is 9.84 Å². The summed E-state index contributed by atoms with van der Waals surface area (Å²) in [7, 11) is -1.30. The summed E-state index contributed by atoms with van der Waals surface area (Å²) in [5, 5.41) is 3.04. The molecule has 0 aromatic carbocycles. The predicted molar refractivity (Wildman–Crippen MR) is 66.9 cm³/mol. The smallest absolute Gasteiger partial charge is 0.148 e. The molecule has 0 aliphatic carbocycles. The molecule has 0 amide bonds. The zero-order chi connectivity index (χ0) is 12.9. The third-order valence-corrected chi connectivity index (χ3v) is 3.12. The van der Waals surface area contributed by atoms with Crippen molar-refractivity contribution in [1.82, 2.24) is 10.3 Å². The van der Waals surface area contributed by atoms with E-state index in [4.69, 9.17) is 4.74 Å². The number of nitrogens with zero attached hydrogens (tertiary/aromatic N) is 1. The zero-order valence-electron chi connectivity index (χ0n) is 10.4. The van der Waals surface area contributed by atoms with Crippen LogP contribution in [0.5, 0.6) is 5.75 Å². The van der Waals surface area contributed by atoms with Gasteiger partial charge < -0.3 is 10.1 Å². The van der Waals surface area contributed by atoms with Crippen LogP contribution < -0.4 is 10.1 Å². The molecule has 0 radical (unpaired) electrons. The summed E-state index contributed by atoms with van der Waals surface area (Å²) in [5.74, 6) is 0.896. The summed E-state index contributed by atoms with van der Waals surface area (Å²) in [6.07, 6.45) is 1.22. The molecule has 0 aliphatic rings. The van der Waals surface area contributed by atoms with Gasteiger partial charge in [-0.05, 0) is 6.92 Å². The van der Waals surface area contributed by atoms with E-state index in [-0.39, 0.29) is 5.75 Å². The van der Waals surface area contributed by atoms with E-state index in [1.165, 1.54) is 6.26 Å². The first-order chi connectivity index (χ1) is 7.90. The molecule has 0 saturated heterocycles. The zero-order valence-corrected chi connectivity index (χ0v) is 11.2. The topological polar surface area (TPSA) is 68.3 Å². The van der Waals surface area contributed by atoms with E-state index in [0.29, 0.717) is 13.1 Å². The number of hydrogen-bond acceptors (Lipinski definition) is 5. The number of ether oxygens (including phenoxy) is 1. The van der Waals surface area contributed by atoms with Crippen molar-refractivity contribution < 1.29 is 13.2 Å². The largest absolute Gasteiger partial charge is 0.497 e. The number of hydrogen-bond donors (Lipinski definition) is 1. The Balaban J connectivity index is 2.49. The molecule has 0 bridgehead atoms. The van der Waals surface area contributed by atoms with Crippen LogP contribution in [0.2, 0.25) is 0 Å². The molecule has 0 saturated carbocycles. The molecule has 1 aromatic heterocycles. The minimum Gasteiger partial charge on any atom is -0.497 e. The van der Waals surface area contributed by atoms with Crippen LogP contribution >= 0.6 is 0 Å².